The Hall–Kier alpha value is -1.68. The summed E-state index contributed by atoms with van der Waals surface area (Å²) in [5.41, 5.74) is 0.960. The van der Waals surface area contributed by atoms with Gasteiger partial charge in [-0.25, -0.2) is 0 Å². The van der Waals surface area contributed by atoms with Crippen molar-refractivity contribution in [3.8, 4) is 0 Å². The van der Waals surface area contributed by atoms with Crippen molar-refractivity contribution in [2.24, 2.45) is 0 Å². The van der Waals surface area contributed by atoms with Crippen LogP contribution >= 0.6 is 0 Å². The Balaban J connectivity index is 1.73. The molecule has 4 nitrogen and oxygen atoms in total. The zero-order valence-corrected chi connectivity index (χ0v) is 12.4. The molecule has 0 aromatic heterocycles. The summed E-state index contributed by atoms with van der Waals surface area (Å²) in [7, 11) is 1.97. The highest BCUT2D eigenvalue weighted by Gasteiger charge is 2.43. The molecule has 1 atom stereocenters. The maximum atomic E-state index is 12.7. The predicted octanol–water partition coefficient (Wildman–Crippen LogP) is 2.06. The van der Waals surface area contributed by atoms with E-state index in [0.717, 1.165) is 31.2 Å². The Bertz CT molecular complexity index is 521. The van der Waals surface area contributed by atoms with Crippen LogP contribution in [-0.2, 0) is 9.59 Å². The van der Waals surface area contributed by atoms with E-state index >= 15 is 0 Å². The molecule has 0 spiro atoms. The van der Waals surface area contributed by atoms with Gasteiger partial charge in [0.2, 0.25) is 11.8 Å². The van der Waals surface area contributed by atoms with E-state index in [1.54, 1.807) is 4.90 Å². The van der Waals surface area contributed by atoms with Gasteiger partial charge in [0.1, 0.15) is 0 Å². The molecule has 2 aliphatic rings. The standard InChI is InChI=1S/C17H22N2O2/c1-18-13-7-9-14(10-8-13)19-16(20)11-15(17(19)21)12-5-3-2-4-6-12/h2-6,13-15,18H,7-11H2,1H3. The minimum Gasteiger partial charge on any atom is -0.317 e. The highest BCUT2D eigenvalue weighted by atomic mass is 16.2. The van der Waals surface area contributed by atoms with Crippen LogP contribution in [0.15, 0.2) is 30.3 Å². The summed E-state index contributed by atoms with van der Waals surface area (Å²) in [5.74, 6) is -0.276. The van der Waals surface area contributed by atoms with Crippen LogP contribution in [0.2, 0.25) is 0 Å². The van der Waals surface area contributed by atoms with Gasteiger partial charge in [-0.15, -0.1) is 0 Å². The monoisotopic (exact) mass is 286 g/mol. The first-order chi connectivity index (χ1) is 10.2. The van der Waals surface area contributed by atoms with Crippen LogP contribution in [-0.4, -0.2) is 35.8 Å². The van der Waals surface area contributed by atoms with Crippen molar-refractivity contribution in [1.29, 1.82) is 0 Å². The molecule has 0 bridgehead atoms. The molecule has 0 radical (unpaired) electrons. The van der Waals surface area contributed by atoms with E-state index in [9.17, 15) is 9.59 Å². The number of nitrogens with one attached hydrogen (secondary N) is 1. The van der Waals surface area contributed by atoms with Gasteiger partial charge in [-0.05, 0) is 38.3 Å². The molecule has 4 heteroatoms. The number of likely N-dealkylation sites (tertiary alicyclic amines) is 1. The van der Waals surface area contributed by atoms with E-state index in [0.29, 0.717) is 12.5 Å². The molecule has 3 rings (SSSR count). The van der Waals surface area contributed by atoms with E-state index in [1.807, 2.05) is 37.4 Å². The summed E-state index contributed by atoms with van der Waals surface area (Å²) in [6, 6.07) is 10.3. The van der Waals surface area contributed by atoms with E-state index in [1.165, 1.54) is 0 Å². The highest BCUT2D eigenvalue weighted by Crippen LogP contribution is 2.34. The second-order valence-electron chi connectivity index (χ2n) is 6.06. The lowest BCUT2D eigenvalue weighted by molar-refractivity contribution is -0.142. The van der Waals surface area contributed by atoms with Crippen molar-refractivity contribution in [2.75, 3.05) is 7.05 Å². The molecule has 1 unspecified atom stereocenters. The molecular weight excluding hydrogens is 264 g/mol. The molecule has 2 fully saturated rings. The fourth-order valence-corrected chi connectivity index (χ4v) is 3.60. The summed E-state index contributed by atoms with van der Waals surface area (Å²) in [4.78, 5) is 26.5. The molecule has 21 heavy (non-hydrogen) atoms. The SMILES string of the molecule is CNC1CCC(N2C(=O)CC(c3ccccc3)C2=O)CC1. The molecule has 1 saturated carbocycles. The van der Waals surface area contributed by atoms with Gasteiger partial charge in [-0.2, -0.15) is 0 Å². The first kappa shape index (κ1) is 14.3. The third kappa shape index (κ3) is 2.72. The average Bonchev–Trinajstić information content (AvgIpc) is 2.83. The van der Waals surface area contributed by atoms with Gasteiger partial charge >= 0.3 is 0 Å². The molecule has 2 amide bonds. The van der Waals surface area contributed by atoms with Crippen molar-refractivity contribution in [3.05, 3.63) is 35.9 Å². The molecule has 1 saturated heterocycles. The first-order valence-corrected chi connectivity index (χ1v) is 7.79. The fraction of sp³-hybridized carbons (Fsp3) is 0.529. The summed E-state index contributed by atoms with van der Waals surface area (Å²) >= 11 is 0. The lowest BCUT2D eigenvalue weighted by Crippen LogP contribution is -2.44. The zero-order chi connectivity index (χ0) is 14.8. The number of amides is 2. The number of carbonyl (C=O) groups is 2. The van der Waals surface area contributed by atoms with Crippen molar-refractivity contribution in [1.82, 2.24) is 10.2 Å². The van der Waals surface area contributed by atoms with Crippen LogP contribution in [0.25, 0.3) is 0 Å². The predicted molar refractivity (Wildman–Crippen MR) is 80.8 cm³/mol. The second kappa shape index (κ2) is 5.98. The molecule has 1 aromatic carbocycles. The largest absolute Gasteiger partial charge is 0.317 e. The lowest BCUT2D eigenvalue weighted by Gasteiger charge is -2.33. The summed E-state index contributed by atoms with van der Waals surface area (Å²) < 4.78 is 0. The summed E-state index contributed by atoms with van der Waals surface area (Å²) in [6.07, 6.45) is 4.24. The van der Waals surface area contributed by atoms with Gasteiger partial charge in [0.05, 0.1) is 5.92 Å². The third-order valence-corrected chi connectivity index (χ3v) is 4.86. The Labute approximate surface area is 125 Å². The van der Waals surface area contributed by atoms with Crippen LogP contribution in [0.1, 0.15) is 43.6 Å². The molecule has 112 valence electrons. The van der Waals surface area contributed by atoms with E-state index in [2.05, 4.69) is 5.32 Å². The van der Waals surface area contributed by atoms with Crippen LogP contribution in [0.5, 0.6) is 0 Å². The van der Waals surface area contributed by atoms with Crippen LogP contribution < -0.4 is 5.32 Å². The Kier molecular flexibility index (Phi) is 4.06. The number of carbonyl (C=O) groups excluding carboxylic acids is 2. The Morgan fingerprint density at radius 1 is 1.05 bits per heavy atom. The maximum absolute atomic E-state index is 12.7. The summed E-state index contributed by atoms with van der Waals surface area (Å²) in [5, 5.41) is 3.28. The number of hydrogen-bond donors (Lipinski definition) is 1. The van der Waals surface area contributed by atoms with Gasteiger partial charge in [0.25, 0.3) is 0 Å². The molecule has 1 heterocycles. The highest BCUT2D eigenvalue weighted by molar-refractivity contribution is 6.06. The molecule has 1 aliphatic heterocycles. The topological polar surface area (TPSA) is 49.4 Å². The van der Waals surface area contributed by atoms with E-state index in [-0.39, 0.29) is 23.8 Å². The summed E-state index contributed by atoms with van der Waals surface area (Å²) in [6.45, 7) is 0. The number of imide groups is 1. The normalized spacial score (nSPS) is 30.0. The van der Waals surface area contributed by atoms with E-state index in [4.69, 9.17) is 0 Å². The van der Waals surface area contributed by atoms with Crippen LogP contribution in [0.4, 0.5) is 0 Å². The lowest BCUT2D eigenvalue weighted by atomic mass is 9.90. The second-order valence-corrected chi connectivity index (χ2v) is 6.06. The van der Waals surface area contributed by atoms with E-state index < -0.39 is 0 Å². The number of hydrogen-bond acceptors (Lipinski definition) is 3. The zero-order valence-electron chi connectivity index (χ0n) is 12.4. The van der Waals surface area contributed by atoms with Crippen LogP contribution in [0, 0.1) is 0 Å². The van der Waals surface area contributed by atoms with Gasteiger partial charge in [-0.1, -0.05) is 30.3 Å². The average molecular weight is 286 g/mol. The Morgan fingerprint density at radius 2 is 1.71 bits per heavy atom. The maximum Gasteiger partial charge on any atom is 0.237 e. The van der Waals surface area contributed by atoms with Crippen molar-refractivity contribution >= 4 is 11.8 Å². The molecule has 1 N–H and O–H groups in total. The van der Waals surface area contributed by atoms with Gasteiger partial charge in [0, 0.05) is 18.5 Å². The third-order valence-electron chi connectivity index (χ3n) is 4.86. The van der Waals surface area contributed by atoms with Crippen molar-refractivity contribution < 1.29 is 9.59 Å². The van der Waals surface area contributed by atoms with Gasteiger partial charge < -0.3 is 5.32 Å². The molecular formula is C17H22N2O2. The molecule has 1 aliphatic carbocycles. The minimum absolute atomic E-state index is 0.000826. The smallest absolute Gasteiger partial charge is 0.237 e. The van der Waals surface area contributed by atoms with Crippen molar-refractivity contribution in [3.63, 3.8) is 0 Å². The number of nitrogens with zero attached hydrogens (tertiary/aromatic N) is 1. The first-order valence-electron chi connectivity index (χ1n) is 7.79. The minimum atomic E-state index is -0.277. The van der Waals surface area contributed by atoms with Crippen molar-refractivity contribution in [2.45, 2.75) is 50.1 Å². The van der Waals surface area contributed by atoms with Gasteiger partial charge in [0.15, 0.2) is 0 Å². The quantitative estimate of drug-likeness (QED) is 0.865. The fourth-order valence-electron chi connectivity index (χ4n) is 3.60. The van der Waals surface area contributed by atoms with Gasteiger partial charge in [-0.3, -0.25) is 14.5 Å². The molecule has 1 aromatic rings. The number of benzene rings is 1. The van der Waals surface area contributed by atoms with Crippen LogP contribution in [0.3, 0.4) is 0 Å². The Morgan fingerprint density at radius 3 is 2.33 bits per heavy atom. The number of rotatable bonds is 3.